The smallest absolute Gasteiger partial charge is 0.314 e. The number of nitrogens with one attached hydrogen (secondary N) is 2. The van der Waals surface area contributed by atoms with E-state index in [9.17, 15) is 4.79 Å². The van der Waals surface area contributed by atoms with Gasteiger partial charge in [-0.3, -0.25) is 0 Å². The molecule has 0 bridgehead atoms. The summed E-state index contributed by atoms with van der Waals surface area (Å²) in [4.78, 5) is 11.2. The third-order valence-corrected chi connectivity index (χ3v) is 3.13. The quantitative estimate of drug-likeness (QED) is 0.703. The van der Waals surface area contributed by atoms with E-state index in [1.807, 2.05) is 0 Å². The van der Waals surface area contributed by atoms with Crippen LogP contribution in [0.15, 0.2) is 0 Å². The Hall–Kier alpha value is -0.440. The third-order valence-electron chi connectivity index (χ3n) is 2.94. The normalized spacial score (nSPS) is 17.4. The number of carbonyl (C=O) groups is 1. The molecule has 0 heterocycles. The topological polar surface area (TPSA) is 41.1 Å². The van der Waals surface area contributed by atoms with Crippen LogP contribution in [-0.2, 0) is 0 Å². The number of halogens is 1. The van der Waals surface area contributed by atoms with Gasteiger partial charge in [-0.25, -0.2) is 4.79 Å². The van der Waals surface area contributed by atoms with Gasteiger partial charge in [0.05, 0.1) is 0 Å². The molecule has 3 nitrogen and oxygen atoms in total. The number of hydrogen-bond acceptors (Lipinski definition) is 1. The lowest BCUT2D eigenvalue weighted by Gasteiger charge is -2.21. The van der Waals surface area contributed by atoms with Crippen LogP contribution in [0.5, 0.6) is 0 Å². The fourth-order valence-electron chi connectivity index (χ4n) is 2.09. The number of carbonyl (C=O) groups excluding carboxylic acids is 1. The lowest BCUT2D eigenvalue weighted by molar-refractivity contribution is 0.239. The molecule has 2 N–H and O–H groups in total. The molecule has 1 fully saturated rings. The highest BCUT2D eigenvalue weighted by Crippen LogP contribution is 2.25. The van der Waals surface area contributed by atoms with Crippen molar-refractivity contribution in [3.63, 3.8) is 0 Å². The Morgan fingerprint density at radius 2 is 1.80 bits per heavy atom. The fraction of sp³-hybridized carbons (Fsp3) is 0.909. The molecule has 15 heavy (non-hydrogen) atoms. The summed E-state index contributed by atoms with van der Waals surface area (Å²) in [6.07, 6.45) is 7.91. The summed E-state index contributed by atoms with van der Waals surface area (Å²) in [6.45, 7) is 1.33. The lowest BCUT2D eigenvalue weighted by atomic mass is 9.87. The Morgan fingerprint density at radius 1 is 1.13 bits per heavy atom. The maximum atomic E-state index is 11.2. The highest BCUT2D eigenvalue weighted by atomic mass is 35.5. The standard InChI is InChI=1S/C11H21ClN2O/c12-7-9-14-11(15)13-8-6-10-4-2-1-3-5-10/h10H,1-9H2,(H2,13,14,15). The van der Waals surface area contributed by atoms with E-state index in [-0.39, 0.29) is 6.03 Å². The molecule has 0 saturated heterocycles. The van der Waals surface area contributed by atoms with Crippen molar-refractivity contribution in [2.24, 2.45) is 5.92 Å². The highest BCUT2D eigenvalue weighted by Gasteiger charge is 2.12. The maximum Gasteiger partial charge on any atom is 0.314 e. The van der Waals surface area contributed by atoms with Crippen molar-refractivity contribution in [2.45, 2.75) is 38.5 Å². The van der Waals surface area contributed by atoms with Crippen molar-refractivity contribution in [1.29, 1.82) is 0 Å². The van der Waals surface area contributed by atoms with E-state index in [1.165, 1.54) is 32.1 Å². The van der Waals surface area contributed by atoms with Gasteiger partial charge in [-0.2, -0.15) is 0 Å². The summed E-state index contributed by atoms with van der Waals surface area (Å²) in [5.41, 5.74) is 0. The van der Waals surface area contributed by atoms with E-state index in [4.69, 9.17) is 11.6 Å². The first-order chi connectivity index (χ1) is 7.33. The molecule has 88 valence electrons. The molecule has 4 heteroatoms. The van der Waals surface area contributed by atoms with E-state index >= 15 is 0 Å². The molecule has 1 rings (SSSR count). The second-order valence-electron chi connectivity index (χ2n) is 4.16. The molecule has 0 aromatic rings. The molecule has 1 aliphatic rings. The summed E-state index contributed by atoms with van der Waals surface area (Å²) in [7, 11) is 0. The van der Waals surface area contributed by atoms with Crippen LogP contribution in [-0.4, -0.2) is 25.0 Å². The summed E-state index contributed by atoms with van der Waals surface area (Å²) in [6, 6.07) is -0.0912. The predicted octanol–water partition coefficient (Wildman–Crippen LogP) is 2.49. The Labute approximate surface area is 96.9 Å². The zero-order valence-corrected chi connectivity index (χ0v) is 9.98. The van der Waals surface area contributed by atoms with Gasteiger partial charge in [-0.05, 0) is 12.3 Å². The van der Waals surface area contributed by atoms with E-state index in [0.717, 1.165) is 18.9 Å². The Kier molecular flexibility index (Phi) is 6.57. The van der Waals surface area contributed by atoms with E-state index < -0.39 is 0 Å². The third kappa shape index (κ3) is 5.88. The molecule has 0 aliphatic heterocycles. The maximum absolute atomic E-state index is 11.2. The Bertz CT molecular complexity index is 181. The minimum absolute atomic E-state index is 0.0912. The van der Waals surface area contributed by atoms with Gasteiger partial charge in [0.1, 0.15) is 0 Å². The van der Waals surface area contributed by atoms with Gasteiger partial charge < -0.3 is 10.6 Å². The molecule has 0 unspecified atom stereocenters. The van der Waals surface area contributed by atoms with E-state index in [2.05, 4.69) is 10.6 Å². The number of rotatable bonds is 5. The summed E-state index contributed by atoms with van der Waals surface area (Å²) < 4.78 is 0. The van der Waals surface area contributed by atoms with Crippen LogP contribution in [0, 0.1) is 5.92 Å². The van der Waals surface area contributed by atoms with Crippen LogP contribution in [0.3, 0.4) is 0 Å². The van der Waals surface area contributed by atoms with E-state index in [0.29, 0.717) is 12.4 Å². The first-order valence-electron chi connectivity index (χ1n) is 5.90. The van der Waals surface area contributed by atoms with Crippen molar-refractivity contribution in [3.05, 3.63) is 0 Å². The Morgan fingerprint density at radius 3 is 2.47 bits per heavy atom. The van der Waals surface area contributed by atoms with Gasteiger partial charge in [0, 0.05) is 19.0 Å². The zero-order valence-electron chi connectivity index (χ0n) is 9.23. The molecule has 0 radical (unpaired) electrons. The first-order valence-corrected chi connectivity index (χ1v) is 6.44. The second-order valence-corrected chi connectivity index (χ2v) is 4.54. The number of urea groups is 1. The van der Waals surface area contributed by atoms with E-state index in [1.54, 1.807) is 0 Å². The predicted molar refractivity (Wildman–Crippen MR) is 63.3 cm³/mol. The molecular formula is C11H21ClN2O. The summed E-state index contributed by atoms with van der Waals surface area (Å²) >= 11 is 5.46. The van der Waals surface area contributed by atoms with Gasteiger partial charge in [-0.1, -0.05) is 32.1 Å². The van der Waals surface area contributed by atoms with Crippen LogP contribution in [0.2, 0.25) is 0 Å². The second kappa shape index (κ2) is 7.80. The average molecular weight is 233 g/mol. The average Bonchev–Trinajstić information content (AvgIpc) is 2.28. The monoisotopic (exact) mass is 232 g/mol. The van der Waals surface area contributed by atoms with Crippen LogP contribution < -0.4 is 10.6 Å². The van der Waals surface area contributed by atoms with Crippen LogP contribution in [0.1, 0.15) is 38.5 Å². The summed E-state index contributed by atoms with van der Waals surface area (Å²) in [5.74, 6) is 1.29. The Balaban J connectivity index is 1.97. The van der Waals surface area contributed by atoms with Gasteiger partial charge in [0.25, 0.3) is 0 Å². The van der Waals surface area contributed by atoms with Gasteiger partial charge >= 0.3 is 6.03 Å². The zero-order chi connectivity index (χ0) is 10.9. The largest absolute Gasteiger partial charge is 0.338 e. The van der Waals surface area contributed by atoms with Crippen molar-refractivity contribution >= 4 is 17.6 Å². The van der Waals surface area contributed by atoms with Gasteiger partial charge in [0.15, 0.2) is 0 Å². The summed E-state index contributed by atoms with van der Waals surface area (Å²) in [5, 5.41) is 5.54. The minimum atomic E-state index is -0.0912. The fourth-order valence-corrected chi connectivity index (χ4v) is 2.18. The molecule has 0 aromatic heterocycles. The first kappa shape index (κ1) is 12.6. The van der Waals surface area contributed by atoms with Crippen LogP contribution in [0.25, 0.3) is 0 Å². The molecule has 2 amide bonds. The van der Waals surface area contributed by atoms with Gasteiger partial charge in [0.2, 0.25) is 0 Å². The highest BCUT2D eigenvalue weighted by molar-refractivity contribution is 6.18. The minimum Gasteiger partial charge on any atom is -0.338 e. The number of hydrogen-bond donors (Lipinski definition) is 2. The van der Waals surface area contributed by atoms with Crippen LogP contribution in [0.4, 0.5) is 4.79 Å². The van der Waals surface area contributed by atoms with Crippen LogP contribution >= 0.6 is 11.6 Å². The lowest BCUT2D eigenvalue weighted by Crippen LogP contribution is -2.37. The number of alkyl halides is 1. The SMILES string of the molecule is O=C(NCCCl)NCCC1CCCCC1. The molecule has 1 saturated carbocycles. The molecule has 0 aromatic carbocycles. The molecule has 1 aliphatic carbocycles. The van der Waals surface area contributed by atoms with Crippen molar-refractivity contribution in [3.8, 4) is 0 Å². The molecule has 0 spiro atoms. The van der Waals surface area contributed by atoms with Gasteiger partial charge in [-0.15, -0.1) is 11.6 Å². The van der Waals surface area contributed by atoms with Crippen molar-refractivity contribution in [2.75, 3.05) is 19.0 Å². The molecule has 0 atom stereocenters. The van der Waals surface area contributed by atoms with Crippen molar-refractivity contribution in [1.82, 2.24) is 10.6 Å². The van der Waals surface area contributed by atoms with Crippen molar-refractivity contribution < 1.29 is 4.79 Å². The molecular weight excluding hydrogens is 212 g/mol. The number of amides is 2.